The Balaban J connectivity index is 1.55. The Morgan fingerprint density at radius 1 is 1.12 bits per heavy atom. The van der Waals surface area contributed by atoms with Crippen molar-refractivity contribution in [1.29, 1.82) is 0 Å². The highest BCUT2D eigenvalue weighted by atomic mass is 16.6. The van der Waals surface area contributed by atoms with Crippen LogP contribution in [0.15, 0.2) is 53.6 Å². The number of nitrogens with zero attached hydrogens (tertiary/aromatic N) is 6. The third kappa shape index (κ3) is 5.89. The molecule has 12 nitrogen and oxygen atoms in total. The Bertz CT molecular complexity index is 1130. The number of hydrogen-bond acceptors (Lipinski definition) is 11. The summed E-state index contributed by atoms with van der Waals surface area (Å²) in [5, 5.41) is 18.2. The molecule has 2 N–H and O–H groups in total. The van der Waals surface area contributed by atoms with Crippen molar-refractivity contribution in [3.05, 3.63) is 64.2 Å². The minimum absolute atomic E-state index is 0.0142. The molecule has 2 heterocycles. The van der Waals surface area contributed by atoms with Gasteiger partial charge in [-0.3, -0.25) is 10.1 Å². The number of morpholine rings is 1. The molecule has 0 amide bonds. The van der Waals surface area contributed by atoms with E-state index < -0.39 is 4.92 Å². The number of hydrazone groups is 1. The van der Waals surface area contributed by atoms with Crippen molar-refractivity contribution in [3.8, 4) is 5.75 Å². The van der Waals surface area contributed by atoms with Crippen LogP contribution in [0.3, 0.4) is 0 Å². The summed E-state index contributed by atoms with van der Waals surface area (Å²) in [6.45, 7) is 2.48. The van der Waals surface area contributed by atoms with Crippen molar-refractivity contribution in [1.82, 2.24) is 15.0 Å². The zero-order valence-electron chi connectivity index (χ0n) is 17.8. The second-order valence-corrected chi connectivity index (χ2v) is 6.96. The van der Waals surface area contributed by atoms with E-state index in [1.54, 1.807) is 19.2 Å². The van der Waals surface area contributed by atoms with Crippen LogP contribution in [0.2, 0.25) is 0 Å². The summed E-state index contributed by atoms with van der Waals surface area (Å²) in [4.78, 5) is 25.9. The first-order valence-corrected chi connectivity index (χ1v) is 10.1. The minimum atomic E-state index is -0.456. The standard InChI is InChI=1S/C21H22N8O4/c1-32-18-7-5-16(6-8-18)23-19-24-20(26-21(25-19)28-9-11-33-12-10-28)27-22-14-15-3-2-4-17(13-15)29(30)31/h2-8,13-14H,9-12H2,1H3,(H2,23,24,25,26,27)/b22-14-. The van der Waals surface area contributed by atoms with Crippen LogP contribution in [-0.2, 0) is 4.74 Å². The van der Waals surface area contributed by atoms with Crippen molar-refractivity contribution in [2.45, 2.75) is 0 Å². The molecule has 0 atom stereocenters. The van der Waals surface area contributed by atoms with Crippen LogP contribution >= 0.6 is 0 Å². The van der Waals surface area contributed by atoms with Crippen LogP contribution in [0.1, 0.15) is 5.56 Å². The second kappa shape index (κ2) is 10.3. The molecular formula is C21H22N8O4. The van der Waals surface area contributed by atoms with Gasteiger partial charge in [0, 0.05) is 36.5 Å². The number of aromatic nitrogens is 3. The number of methoxy groups -OCH3 is 1. The predicted molar refractivity (Wildman–Crippen MR) is 123 cm³/mol. The number of anilines is 4. The molecule has 0 spiro atoms. The Morgan fingerprint density at radius 3 is 2.61 bits per heavy atom. The van der Waals surface area contributed by atoms with Gasteiger partial charge < -0.3 is 19.7 Å². The first-order valence-electron chi connectivity index (χ1n) is 10.1. The molecule has 12 heteroatoms. The minimum Gasteiger partial charge on any atom is -0.497 e. The molecule has 0 bridgehead atoms. The molecule has 170 valence electrons. The number of non-ortho nitro benzene ring substituents is 1. The Morgan fingerprint density at radius 2 is 1.88 bits per heavy atom. The van der Waals surface area contributed by atoms with E-state index in [0.29, 0.717) is 43.8 Å². The number of benzene rings is 2. The number of nitrogens with one attached hydrogen (secondary N) is 2. The van der Waals surface area contributed by atoms with Gasteiger partial charge in [0.2, 0.25) is 17.8 Å². The second-order valence-electron chi connectivity index (χ2n) is 6.96. The van der Waals surface area contributed by atoms with E-state index >= 15 is 0 Å². The van der Waals surface area contributed by atoms with Gasteiger partial charge >= 0.3 is 0 Å². The van der Waals surface area contributed by atoms with Crippen molar-refractivity contribution in [2.75, 3.05) is 49.1 Å². The lowest BCUT2D eigenvalue weighted by atomic mass is 10.2. The van der Waals surface area contributed by atoms with Gasteiger partial charge in [0.15, 0.2) is 0 Å². The van der Waals surface area contributed by atoms with Gasteiger partial charge in [0.05, 0.1) is 31.5 Å². The molecule has 0 radical (unpaired) electrons. The molecule has 33 heavy (non-hydrogen) atoms. The van der Waals surface area contributed by atoms with E-state index in [1.165, 1.54) is 18.3 Å². The monoisotopic (exact) mass is 450 g/mol. The summed E-state index contributed by atoms with van der Waals surface area (Å²) >= 11 is 0. The lowest BCUT2D eigenvalue weighted by Gasteiger charge is -2.27. The fourth-order valence-corrected chi connectivity index (χ4v) is 3.06. The molecule has 3 aromatic rings. The third-order valence-corrected chi connectivity index (χ3v) is 4.72. The first-order chi connectivity index (χ1) is 16.1. The van der Waals surface area contributed by atoms with Gasteiger partial charge in [-0.25, -0.2) is 5.43 Å². The molecule has 1 saturated heterocycles. The topological polar surface area (TPSA) is 140 Å². The van der Waals surface area contributed by atoms with Gasteiger partial charge in [-0.05, 0) is 24.3 Å². The molecule has 0 unspecified atom stereocenters. The number of ether oxygens (including phenoxy) is 2. The number of nitro groups is 1. The van der Waals surface area contributed by atoms with Crippen LogP contribution < -0.4 is 20.4 Å². The zero-order chi connectivity index (χ0) is 23.0. The molecule has 1 aliphatic rings. The predicted octanol–water partition coefficient (Wildman–Crippen LogP) is 2.81. The highest BCUT2D eigenvalue weighted by Crippen LogP contribution is 2.21. The van der Waals surface area contributed by atoms with Crippen molar-refractivity contribution < 1.29 is 14.4 Å². The molecule has 0 saturated carbocycles. The molecular weight excluding hydrogens is 428 g/mol. The van der Waals surface area contributed by atoms with Gasteiger partial charge in [0.1, 0.15) is 5.75 Å². The fraction of sp³-hybridized carbons (Fsp3) is 0.238. The normalized spacial score (nSPS) is 13.7. The third-order valence-electron chi connectivity index (χ3n) is 4.72. The average molecular weight is 450 g/mol. The number of hydrogen-bond donors (Lipinski definition) is 2. The summed E-state index contributed by atoms with van der Waals surface area (Å²) in [5.41, 5.74) is 4.12. The summed E-state index contributed by atoms with van der Waals surface area (Å²) in [7, 11) is 1.61. The van der Waals surface area contributed by atoms with Crippen LogP contribution in [-0.4, -0.2) is 59.5 Å². The van der Waals surface area contributed by atoms with Crippen LogP contribution in [0.5, 0.6) is 5.75 Å². The Hall–Kier alpha value is -4.32. The van der Waals surface area contributed by atoms with Crippen LogP contribution in [0.25, 0.3) is 0 Å². The zero-order valence-corrected chi connectivity index (χ0v) is 17.8. The molecule has 1 aliphatic heterocycles. The summed E-state index contributed by atoms with van der Waals surface area (Å²) in [6, 6.07) is 13.5. The lowest BCUT2D eigenvalue weighted by Crippen LogP contribution is -2.37. The molecule has 2 aromatic carbocycles. The fourth-order valence-electron chi connectivity index (χ4n) is 3.06. The Labute approximate surface area is 189 Å². The Kier molecular flexibility index (Phi) is 6.85. The van der Waals surface area contributed by atoms with Gasteiger partial charge in [-0.2, -0.15) is 20.1 Å². The highest BCUT2D eigenvalue weighted by molar-refractivity contribution is 5.81. The maximum absolute atomic E-state index is 11.0. The van der Waals surface area contributed by atoms with E-state index in [4.69, 9.17) is 9.47 Å². The molecule has 4 rings (SSSR count). The molecule has 1 aromatic heterocycles. The smallest absolute Gasteiger partial charge is 0.270 e. The van der Waals surface area contributed by atoms with E-state index in [-0.39, 0.29) is 11.6 Å². The largest absolute Gasteiger partial charge is 0.497 e. The van der Waals surface area contributed by atoms with Crippen molar-refractivity contribution in [2.24, 2.45) is 5.10 Å². The molecule has 1 fully saturated rings. The van der Waals surface area contributed by atoms with Gasteiger partial charge in [0.25, 0.3) is 5.69 Å². The SMILES string of the molecule is COc1ccc(Nc2nc(N/N=C\c3cccc([N+](=O)[O-])c3)nc(N3CCOCC3)n2)cc1. The van der Waals surface area contributed by atoms with Crippen molar-refractivity contribution >= 4 is 35.4 Å². The number of rotatable bonds is 8. The average Bonchev–Trinajstić information content (AvgIpc) is 2.85. The lowest BCUT2D eigenvalue weighted by molar-refractivity contribution is -0.384. The highest BCUT2D eigenvalue weighted by Gasteiger charge is 2.17. The van der Waals surface area contributed by atoms with E-state index in [2.05, 4.69) is 30.8 Å². The molecule has 0 aliphatic carbocycles. The maximum atomic E-state index is 11.0. The summed E-state index contributed by atoms with van der Waals surface area (Å²) < 4.78 is 10.6. The van der Waals surface area contributed by atoms with Crippen molar-refractivity contribution in [3.63, 3.8) is 0 Å². The summed E-state index contributed by atoms with van der Waals surface area (Å²) in [5.74, 6) is 1.79. The maximum Gasteiger partial charge on any atom is 0.270 e. The van der Waals surface area contributed by atoms with Crippen LogP contribution in [0, 0.1) is 10.1 Å². The van der Waals surface area contributed by atoms with E-state index in [0.717, 1.165) is 11.4 Å². The van der Waals surface area contributed by atoms with E-state index in [9.17, 15) is 10.1 Å². The van der Waals surface area contributed by atoms with Gasteiger partial charge in [-0.15, -0.1) is 0 Å². The summed E-state index contributed by atoms with van der Waals surface area (Å²) in [6.07, 6.45) is 1.46. The quantitative estimate of drug-likeness (QED) is 0.299. The van der Waals surface area contributed by atoms with Crippen LogP contribution in [0.4, 0.5) is 29.2 Å². The first kappa shape index (κ1) is 21.9. The van der Waals surface area contributed by atoms with Gasteiger partial charge in [-0.1, -0.05) is 12.1 Å². The number of nitro benzene ring substituents is 1. The van der Waals surface area contributed by atoms with E-state index in [1.807, 2.05) is 29.2 Å².